The first-order chi connectivity index (χ1) is 11.1. The van der Waals surface area contributed by atoms with Gasteiger partial charge in [0.2, 0.25) is 5.91 Å². The first-order valence-corrected chi connectivity index (χ1v) is 7.47. The van der Waals surface area contributed by atoms with Gasteiger partial charge >= 0.3 is 5.69 Å². The summed E-state index contributed by atoms with van der Waals surface area (Å²) >= 11 is 0. The van der Waals surface area contributed by atoms with Gasteiger partial charge in [-0.3, -0.25) is 14.3 Å². The van der Waals surface area contributed by atoms with E-state index >= 15 is 0 Å². The van der Waals surface area contributed by atoms with Crippen molar-refractivity contribution in [2.24, 2.45) is 0 Å². The molecule has 120 valence electrons. The molecule has 0 bridgehead atoms. The van der Waals surface area contributed by atoms with E-state index < -0.39 is 5.69 Å². The summed E-state index contributed by atoms with van der Waals surface area (Å²) in [6.45, 7) is 3.38. The van der Waals surface area contributed by atoms with Crippen LogP contribution >= 0.6 is 0 Å². The lowest BCUT2D eigenvalue weighted by molar-refractivity contribution is -0.139. The second-order valence-corrected chi connectivity index (χ2v) is 5.46. The Hall–Kier alpha value is -2.54. The van der Waals surface area contributed by atoms with Crippen LogP contribution in [0.1, 0.15) is 17.4 Å². The number of pyridine rings is 1. The summed E-state index contributed by atoms with van der Waals surface area (Å²) in [5.41, 5.74) is 1.50. The van der Waals surface area contributed by atoms with Crippen LogP contribution in [0.5, 0.6) is 0 Å². The molecule has 7 nitrogen and oxygen atoms in total. The number of ether oxygens (including phenoxy) is 1. The zero-order valence-electron chi connectivity index (χ0n) is 12.9. The third-order valence-corrected chi connectivity index (χ3v) is 3.80. The molecule has 1 aliphatic heterocycles. The maximum Gasteiger partial charge on any atom is 0.347 e. The van der Waals surface area contributed by atoms with Gasteiger partial charge in [0, 0.05) is 30.8 Å². The van der Waals surface area contributed by atoms with E-state index in [9.17, 15) is 9.59 Å². The minimum absolute atomic E-state index is 0.00519. The summed E-state index contributed by atoms with van der Waals surface area (Å²) in [5, 5.41) is 0. The second-order valence-electron chi connectivity index (χ2n) is 5.46. The van der Waals surface area contributed by atoms with E-state index in [0.29, 0.717) is 19.7 Å². The summed E-state index contributed by atoms with van der Waals surface area (Å²) in [7, 11) is 0. The molecule has 2 aromatic rings. The van der Waals surface area contributed by atoms with Gasteiger partial charge in [0.25, 0.3) is 0 Å². The molecule has 3 heterocycles. The van der Waals surface area contributed by atoms with Crippen molar-refractivity contribution in [3.8, 4) is 0 Å². The molecule has 3 rings (SSSR count). The lowest BCUT2D eigenvalue weighted by Crippen LogP contribution is -2.44. The summed E-state index contributed by atoms with van der Waals surface area (Å²) < 4.78 is 7.08. The Balaban J connectivity index is 1.70. The highest BCUT2D eigenvalue weighted by Crippen LogP contribution is 2.22. The predicted octanol–water partition coefficient (Wildman–Crippen LogP) is 0.547. The molecular formula is C16H18N4O3. The highest BCUT2D eigenvalue weighted by atomic mass is 16.5. The van der Waals surface area contributed by atoms with Gasteiger partial charge in [0.1, 0.15) is 12.6 Å². The van der Waals surface area contributed by atoms with E-state index in [0.717, 1.165) is 11.3 Å². The largest absolute Gasteiger partial charge is 0.370 e. The minimum Gasteiger partial charge on any atom is -0.370 e. The topological polar surface area (TPSA) is 77.3 Å². The number of rotatable bonds is 3. The average molecular weight is 314 g/mol. The second kappa shape index (κ2) is 6.70. The Morgan fingerprint density at radius 3 is 3.04 bits per heavy atom. The standard InChI is InChI=1S/C16H18N4O3/c1-12-9-13(3-5-17-12)14-10-19(7-8-23-14)15(21)11-20-6-2-4-18-16(20)22/h2-6,9,14H,7-8,10-11H2,1H3/t14-/m1/s1. The van der Waals surface area contributed by atoms with Crippen LogP contribution in [0.4, 0.5) is 0 Å². The molecule has 1 saturated heterocycles. The number of aromatic nitrogens is 3. The van der Waals surface area contributed by atoms with Crippen LogP contribution in [-0.4, -0.2) is 45.0 Å². The molecule has 0 unspecified atom stereocenters. The van der Waals surface area contributed by atoms with Crippen molar-refractivity contribution in [1.29, 1.82) is 0 Å². The van der Waals surface area contributed by atoms with Gasteiger partial charge < -0.3 is 9.64 Å². The lowest BCUT2D eigenvalue weighted by atomic mass is 10.1. The summed E-state index contributed by atoms with van der Waals surface area (Å²) in [6, 6.07) is 5.50. The lowest BCUT2D eigenvalue weighted by Gasteiger charge is -2.33. The molecule has 2 aromatic heterocycles. The van der Waals surface area contributed by atoms with Crippen LogP contribution in [0, 0.1) is 6.92 Å². The Morgan fingerprint density at radius 2 is 2.26 bits per heavy atom. The first-order valence-electron chi connectivity index (χ1n) is 7.47. The molecule has 0 N–H and O–H groups in total. The Kier molecular flexibility index (Phi) is 4.47. The van der Waals surface area contributed by atoms with Crippen molar-refractivity contribution in [1.82, 2.24) is 19.4 Å². The van der Waals surface area contributed by atoms with Crippen molar-refractivity contribution >= 4 is 5.91 Å². The fourth-order valence-corrected chi connectivity index (χ4v) is 2.60. The van der Waals surface area contributed by atoms with Crippen molar-refractivity contribution in [3.05, 3.63) is 58.5 Å². The van der Waals surface area contributed by atoms with Crippen LogP contribution in [0.15, 0.2) is 41.6 Å². The molecule has 1 aliphatic rings. The number of morpholine rings is 1. The van der Waals surface area contributed by atoms with Gasteiger partial charge in [-0.25, -0.2) is 9.78 Å². The average Bonchev–Trinajstić information content (AvgIpc) is 2.57. The van der Waals surface area contributed by atoms with E-state index in [4.69, 9.17) is 4.74 Å². The summed E-state index contributed by atoms with van der Waals surface area (Å²) in [5.74, 6) is -0.112. The molecule has 0 aliphatic carbocycles. The molecule has 0 spiro atoms. The number of hydrogen-bond acceptors (Lipinski definition) is 5. The number of aryl methyl sites for hydroxylation is 1. The molecule has 23 heavy (non-hydrogen) atoms. The maximum atomic E-state index is 12.4. The first kappa shape index (κ1) is 15.4. The van der Waals surface area contributed by atoms with E-state index in [2.05, 4.69) is 9.97 Å². The van der Waals surface area contributed by atoms with Gasteiger partial charge in [0.05, 0.1) is 13.2 Å². The van der Waals surface area contributed by atoms with Gasteiger partial charge in [-0.05, 0) is 30.7 Å². The van der Waals surface area contributed by atoms with Crippen molar-refractivity contribution in [3.63, 3.8) is 0 Å². The quantitative estimate of drug-likeness (QED) is 0.827. The molecule has 1 fully saturated rings. The van der Waals surface area contributed by atoms with Crippen molar-refractivity contribution < 1.29 is 9.53 Å². The van der Waals surface area contributed by atoms with Crippen LogP contribution < -0.4 is 5.69 Å². The van der Waals surface area contributed by atoms with Gasteiger partial charge in [0.15, 0.2) is 0 Å². The number of carbonyl (C=O) groups is 1. The third kappa shape index (κ3) is 3.62. The molecule has 0 radical (unpaired) electrons. The predicted molar refractivity (Wildman–Crippen MR) is 82.7 cm³/mol. The van der Waals surface area contributed by atoms with Crippen LogP contribution in [0.25, 0.3) is 0 Å². The number of nitrogens with zero attached hydrogens (tertiary/aromatic N) is 4. The molecule has 1 amide bonds. The zero-order chi connectivity index (χ0) is 16.2. The molecule has 7 heteroatoms. The molecule has 0 aromatic carbocycles. The number of amides is 1. The van der Waals surface area contributed by atoms with Crippen LogP contribution in [-0.2, 0) is 16.1 Å². The van der Waals surface area contributed by atoms with E-state index in [1.807, 2.05) is 19.1 Å². The van der Waals surface area contributed by atoms with Gasteiger partial charge in [-0.1, -0.05) is 0 Å². The minimum atomic E-state index is -0.421. The zero-order valence-corrected chi connectivity index (χ0v) is 12.9. The van der Waals surface area contributed by atoms with Crippen LogP contribution in [0.2, 0.25) is 0 Å². The molecule has 1 atom stereocenters. The van der Waals surface area contributed by atoms with Crippen LogP contribution in [0.3, 0.4) is 0 Å². The number of carbonyl (C=O) groups excluding carboxylic acids is 1. The highest BCUT2D eigenvalue weighted by molar-refractivity contribution is 5.76. The Bertz CT molecular complexity index is 759. The normalized spacial score (nSPS) is 18.0. The molecular weight excluding hydrogens is 296 g/mol. The summed E-state index contributed by atoms with van der Waals surface area (Å²) in [6.07, 6.45) is 4.56. The third-order valence-electron chi connectivity index (χ3n) is 3.80. The Labute approximate surface area is 133 Å². The van der Waals surface area contributed by atoms with Gasteiger partial charge in [-0.15, -0.1) is 0 Å². The smallest absolute Gasteiger partial charge is 0.347 e. The van der Waals surface area contributed by atoms with Gasteiger partial charge in [-0.2, -0.15) is 0 Å². The maximum absolute atomic E-state index is 12.4. The number of hydrogen-bond donors (Lipinski definition) is 0. The monoisotopic (exact) mass is 314 g/mol. The fourth-order valence-electron chi connectivity index (χ4n) is 2.60. The van der Waals surface area contributed by atoms with Crippen molar-refractivity contribution in [2.75, 3.05) is 19.7 Å². The van der Waals surface area contributed by atoms with Crippen molar-refractivity contribution in [2.45, 2.75) is 19.6 Å². The summed E-state index contributed by atoms with van der Waals surface area (Å²) in [4.78, 5) is 33.6. The van der Waals surface area contributed by atoms with E-state index in [-0.39, 0.29) is 18.6 Å². The highest BCUT2D eigenvalue weighted by Gasteiger charge is 2.25. The Morgan fingerprint density at radius 1 is 1.39 bits per heavy atom. The fraction of sp³-hybridized carbons (Fsp3) is 0.375. The SMILES string of the molecule is Cc1cc([C@H]2CN(C(=O)Cn3cccnc3=O)CCO2)ccn1. The van der Waals surface area contributed by atoms with E-state index in [1.54, 1.807) is 23.4 Å². The van der Waals surface area contributed by atoms with E-state index in [1.165, 1.54) is 10.8 Å². The molecule has 0 saturated carbocycles.